The van der Waals surface area contributed by atoms with Gasteiger partial charge < -0.3 is 5.73 Å². The minimum absolute atomic E-state index is 0.519. The fourth-order valence-electron chi connectivity index (χ4n) is 3.57. The molecular formula is C22H31N. The van der Waals surface area contributed by atoms with Crippen molar-refractivity contribution in [1.82, 2.24) is 0 Å². The molecule has 124 valence electrons. The van der Waals surface area contributed by atoms with E-state index in [1.165, 1.54) is 43.2 Å². The fourth-order valence-corrected chi connectivity index (χ4v) is 3.57. The molecule has 2 unspecified atom stereocenters. The predicted molar refractivity (Wildman–Crippen MR) is 101 cm³/mol. The van der Waals surface area contributed by atoms with Crippen molar-refractivity contribution in [1.29, 1.82) is 0 Å². The molecule has 0 aromatic heterocycles. The van der Waals surface area contributed by atoms with Crippen molar-refractivity contribution in [3.05, 3.63) is 71.8 Å². The van der Waals surface area contributed by atoms with Crippen LogP contribution in [0, 0.1) is 0 Å². The van der Waals surface area contributed by atoms with Gasteiger partial charge in [0, 0.05) is 0 Å². The van der Waals surface area contributed by atoms with Gasteiger partial charge in [0.2, 0.25) is 0 Å². The molecule has 0 bridgehead atoms. The molecule has 2 N–H and O–H groups in total. The van der Waals surface area contributed by atoms with Crippen LogP contribution in [0.4, 0.5) is 0 Å². The number of hydrogen-bond acceptors (Lipinski definition) is 1. The molecular weight excluding hydrogens is 278 g/mol. The Hall–Kier alpha value is -1.60. The summed E-state index contributed by atoms with van der Waals surface area (Å²) >= 11 is 0. The highest BCUT2D eigenvalue weighted by Crippen LogP contribution is 2.39. The molecule has 1 nitrogen and oxygen atoms in total. The highest BCUT2D eigenvalue weighted by Gasteiger charge is 2.23. The third-order valence-electron chi connectivity index (χ3n) is 4.79. The lowest BCUT2D eigenvalue weighted by atomic mass is 9.77. The molecule has 0 radical (unpaired) electrons. The van der Waals surface area contributed by atoms with Crippen LogP contribution < -0.4 is 5.73 Å². The quantitative estimate of drug-likeness (QED) is 0.545. The van der Waals surface area contributed by atoms with Crippen LogP contribution in [0.25, 0.3) is 0 Å². The zero-order valence-corrected chi connectivity index (χ0v) is 14.5. The molecule has 0 aliphatic carbocycles. The second-order valence-electron chi connectivity index (χ2n) is 6.46. The average Bonchev–Trinajstić information content (AvgIpc) is 2.62. The Labute approximate surface area is 141 Å². The third kappa shape index (κ3) is 5.51. The summed E-state index contributed by atoms with van der Waals surface area (Å²) < 4.78 is 0. The molecule has 0 saturated heterocycles. The van der Waals surface area contributed by atoms with Gasteiger partial charge in [0.1, 0.15) is 0 Å². The van der Waals surface area contributed by atoms with Crippen LogP contribution in [-0.2, 0) is 0 Å². The molecule has 0 heterocycles. The van der Waals surface area contributed by atoms with Crippen molar-refractivity contribution in [2.45, 2.75) is 57.3 Å². The van der Waals surface area contributed by atoms with E-state index in [9.17, 15) is 0 Å². The Balaban J connectivity index is 2.21. The zero-order valence-electron chi connectivity index (χ0n) is 14.5. The molecule has 0 spiro atoms. The Morgan fingerprint density at radius 1 is 0.696 bits per heavy atom. The minimum Gasteiger partial charge on any atom is -0.330 e. The lowest BCUT2D eigenvalue weighted by Crippen LogP contribution is -2.16. The number of nitrogens with two attached hydrogens (primary N) is 1. The smallest absolute Gasteiger partial charge is 0.00712 e. The van der Waals surface area contributed by atoms with E-state index < -0.39 is 0 Å². The summed E-state index contributed by atoms with van der Waals surface area (Å²) in [7, 11) is 0. The summed E-state index contributed by atoms with van der Waals surface area (Å²) in [5.74, 6) is 1.09. The maximum atomic E-state index is 5.96. The molecule has 23 heavy (non-hydrogen) atoms. The van der Waals surface area contributed by atoms with E-state index in [4.69, 9.17) is 5.73 Å². The van der Waals surface area contributed by atoms with Crippen LogP contribution in [0.2, 0.25) is 0 Å². The van der Waals surface area contributed by atoms with E-state index in [1.54, 1.807) is 0 Å². The maximum Gasteiger partial charge on any atom is -0.00712 e. The standard InChI is InChI=1S/C22H31N/c1-2-3-4-11-16-21(19-12-7-5-8-13-19)22(17-18-23)20-14-9-6-10-15-20/h5-10,12-15,21-22H,2-4,11,16-18,23H2,1H3. The van der Waals surface area contributed by atoms with Gasteiger partial charge in [0.05, 0.1) is 0 Å². The summed E-state index contributed by atoms with van der Waals surface area (Å²) in [6, 6.07) is 22.0. The van der Waals surface area contributed by atoms with Gasteiger partial charge in [0.25, 0.3) is 0 Å². The van der Waals surface area contributed by atoms with Gasteiger partial charge in [-0.05, 0) is 42.3 Å². The molecule has 0 fully saturated rings. The summed E-state index contributed by atoms with van der Waals surface area (Å²) in [6.07, 6.45) is 7.58. The number of rotatable bonds is 10. The van der Waals surface area contributed by atoms with Crippen LogP contribution in [0.15, 0.2) is 60.7 Å². The highest BCUT2D eigenvalue weighted by molar-refractivity contribution is 5.28. The summed E-state index contributed by atoms with van der Waals surface area (Å²) in [6.45, 7) is 3.02. The number of unbranched alkanes of at least 4 members (excludes halogenated alkanes) is 3. The number of hydrogen-bond donors (Lipinski definition) is 1. The van der Waals surface area contributed by atoms with Crippen LogP contribution in [0.3, 0.4) is 0 Å². The molecule has 1 heteroatoms. The summed E-state index contributed by atoms with van der Waals surface area (Å²) in [5.41, 5.74) is 8.86. The Kier molecular flexibility index (Phi) is 7.89. The van der Waals surface area contributed by atoms with Gasteiger partial charge in [0.15, 0.2) is 0 Å². The minimum atomic E-state index is 0.519. The molecule has 2 atom stereocenters. The molecule has 0 aliphatic rings. The van der Waals surface area contributed by atoms with Crippen molar-refractivity contribution in [3.8, 4) is 0 Å². The van der Waals surface area contributed by atoms with E-state index in [0.29, 0.717) is 11.8 Å². The molecule has 0 amide bonds. The van der Waals surface area contributed by atoms with Crippen molar-refractivity contribution in [2.24, 2.45) is 5.73 Å². The molecule has 2 aromatic rings. The van der Waals surface area contributed by atoms with Gasteiger partial charge in [-0.25, -0.2) is 0 Å². The first-order valence-corrected chi connectivity index (χ1v) is 9.16. The van der Waals surface area contributed by atoms with Crippen molar-refractivity contribution < 1.29 is 0 Å². The first kappa shape index (κ1) is 17.7. The third-order valence-corrected chi connectivity index (χ3v) is 4.79. The zero-order chi connectivity index (χ0) is 16.3. The number of benzene rings is 2. The maximum absolute atomic E-state index is 5.96. The van der Waals surface area contributed by atoms with E-state index in [1.807, 2.05) is 0 Å². The predicted octanol–water partition coefficient (Wildman–Crippen LogP) is 5.87. The second kappa shape index (κ2) is 10.2. The lowest BCUT2D eigenvalue weighted by Gasteiger charge is -2.28. The average molecular weight is 309 g/mol. The van der Waals surface area contributed by atoms with E-state index in [2.05, 4.69) is 67.6 Å². The van der Waals surface area contributed by atoms with E-state index in [-0.39, 0.29) is 0 Å². The normalized spacial score (nSPS) is 13.7. The van der Waals surface area contributed by atoms with Gasteiger partial charge in [-0.2, -0.15) is 0 Å². The van der Waals surface area contributed by atoms with Crippen LogP contribution in [0.5, 0.6) is 0 Å². The van der Waals surface area contributed by atoms with Gasteiger partial charge in [-0.3, -0.25) is 0 Å². The van der Waals surface area contributed by atoms with Gasteiger partial charge >= 0.3 is 0 Å². The van der Waals surface area contributed by atoms with Crippen LogP contribution >= 0.6 is 0 Å². The fraction of sp³-hybridized carbons (Fsp3) is 0.455. The molecule has 0 saturated carbocycles. The second-order valence-corrected chi connectivity index (χ2v) is 6.46. The summed E-state index contributed by atoms with van der Waals surface area (Å²) in [4.78, 5) is 0. The Morgan fingerprint density at radius 3 is 1.70 bits per heavy atom. The molecule has 2 rings (SSSR count). The first-order valence-electron chi connectivity index (χ1n) is 9.16. The van der Waals surface area contributed by atoms with Crippen molar-refractivity contribution >= 4 is 0 Å². The molecule has 2 aromatic carbocycles. The monoisotopic (exact) mass is 309 g/mol. The summed E-state index contributed by atoms with van der Waals surface area (Å²) in [5, 5.41) is 0. The van der Waals surface area contributed by atoms with Gasteiger partial charge in [-0.1, -0.05) is 93.3 Å². The molecule has 0 aliphatic heterocycles. The van der Waals surface area contributed by atoms with E-state index >= 15 is 0 Å². The Morgan fingerprint density at radius 2 is 1.22 bits per heavy atom. The SMILES string of the molecule is CCCCCCC(c1ccccc1)C(CCN)c1ccccc1. The van der Waals surface area contributed by atoms with E-state index in [0.717, 1.165) is 13.0 Å². The largest absolute Gasteiger partial charge is 0.330 e. The highest BCUT2D eigenvalue weighted by atomic mass is 14.5. The Bertz CT molecular complexity index is 520. The van der Waals surface area contributed by atoms with Gasteiger partial charge in [-0.15, -0.1) is 0 Å². The first-order chi connectivity index (χ1) is 11.4. The van der Waals surface area contributed by atoms with Crippen LogP contribution in [-0.4, -0.2) is 6.54 Å². The van der Waals surface area contributed by atoms with Crippen molar-refractivity contribution in [2.75, 3.05) is 6.54 Å². The van der Waals surface area contributed by atoms with Crippen LogP contribution in [0.1, 0.15) is 68.4 Å². The lowest BCUT2D eigenvalue weighted by molar-refractivity contribution is 0.457. The topological polar surface area (TPSA) is 26.0 Å². The van der Waals surface area contributed by atoms with Crippen molar-refractivity contribution in [3.63, 3.8) is 0 Å².